The van der Waals surface area contributed by atoms with E-state index in [4.69, 9.17) is 9.15 Å². The molecule has 8 nitrogen and oxygen atoms in total. The molecule has 3 rings (SSSR count). The number of aromatic nitrogens is 1. The van der Waals surface area contributed by atoms with Gasteiger partial charge in [-0.15, -0.1) is 0 Å². The number of ether oxygens (including phenoxy) is 1. The van der Waals surface area contributed by atoms with Gasteiger partial charge in [-0.05, 0) is 23.8 Å². The Kier molecular flexibility index (Phi) is 6.28. The zero-order valence-electron chi connectivity index (χ0n) is 14.9. The molecule has 28 heavy (non-hydrogen) atoms. The number of para-hydroxylation sites is 2. The lowest BCUT2D eigenvalue weighted by Crippen LogP contribution is -2.39. The molecule has 0 saturated carbocycles. The highest BCUT2D eigenvalue weighted by atomic mass is 32.2. The van der Waals surface area contributed by atoms with Crippen LogP contribution in [0, 0.1) is 0 Å². The van der Waals surface area contributed by atoms with Crippen molar-refractivity contribution in [1.82, 2.24) is 15.6 Å². The van der Waals surface area contributed by atoms with Crippen molar-refractivity contribution in [3.05, 3.63) is 59.7 Å². The third-order valence-electron chi connectivity index (χ3n) is 3.68. The first-order valence-electron chi connectivity index (χ1n) is 8.32. The van der Waals surface area contributed by atoms with Crippen LogP contribution in [0.15, 0.2) is 58.2 Å². The number of oxazole rings is 1. The van der Waals surface area contributed by atoms with Crippen molar-refractivity contribution >= 4 is 40.8 Å². The fourth-order valence-electron chi connectivity index (χ4n) is 2.33. The Labute approximate surface area is 164 Å². The average Bonchev–Trinajstić information content (AvgIpc) is 3.13. The molecule has 0 fully saturated rings. The SMILES string of the molecule is CNC(=O)NC(=O)COC(=O)c1ccccc1CSc1nc2ccccc2o1. The minimum atomic E-state index is -0.717. The first kappa shape index (κ1) is 19.4. The Bertz CT molecular complexity index is 984. The summed E-state index contributed by atoms with van der Waals surface area (Å²) < 4.78 is 10.7. The quantitative estimate of drug-likeness (QED) is 0.484. The number of hydrogen-bond acceptors (Lipinski definition) is 7. The largest absolute Gasteiger partial charge is 0.452 e. The van der Waals surface area contributed by atoms with Crippen LogP contribution in [0.4, 0.5) is 4.79 Å². The van der Waals surface area contributed by atoms with Crippen LogP contribution < -0.4 is 10.6 Å². The molecule has 0 aliphatic carbocycles. The van der Waals surface area contributed by atoms with Crippen LogP contribution in [0.1, 0.15) is 15.9 Å². The number of fused-ring (bicyclic) bond motifs is 1. The number of thioether (sulfide) groups is 1. The summed E-state index contributed by atoms with van der Waals surface area (Å²) in [6.45, 7) is -0.557. The molecule has 144 valence electrons. The predicted molar refractivity (Wildman–Crippen MR) is 103 cm³/mol. The van der Waals surface area contributed by atoms with Gasteiger partial charge in [-0.2, -0.15) is 0 Å². The first-order chi connectivity index (χ1) is 13.6. The van der Waals surface area contributed by atoms with Gasteiger partial charge in [-0.3, -0.25) is 10.1 Å². The summed E-state index contributed by atoms with van der Waals surface area (Å²) in [6.07, 6.45) is 0. The topological polar surface area (TPSA) is 111 Å². The van der Waals surface area contributed by atoms with E-state index < -0.39 is 24.5 Å². The number of nitrogens with zero attached hydrogens (tertiary/aromatic N) is 1. The minimum Gasteiger partial charge on any atom is -0.452 e. The molecule has 0 spiro atoms. The van der Waals surface area contributed by atoms with Gasteiger partial charge in [-0.1, -0.05) is 42.1 Å². The number of amides is 3. The van der Waals surface area contributed by atoms with E-state index >= 15 is 0 Å². The van der Waals surface area contributed by atoms with Gasteiger partial charge < -0.3 is 14.5 Å². The summed E-state index contributed by atoms with van der Waals surface area (Å²) in [7, 11) is 1.37. The monoisotopic (exact) mass is 399 g/mol. The highest BCUT2D eigenvalue weighted by Crippen LogP contribution is 2.27. The number of imide groups is 1. The molecule has 0 unspecified atom stereocenters. The lowest BCUT2D eigenvalue weighted by molar-refractivity contribution is -0.123. The fraction of sp³-hybridized carbons (Fsp3) is 0.158. The number of carbonyl (C=O) groups excluding carboxylic acids is 3. The van der Waals surface area contributed by atoms with Crippen LogP contribution in [0.5, 0.6) is 0 Å². The van der Waals surface area contributed by atoms with Crippen molar-refractivity contribution in [3.63, 3.8) is 0 Å². The average molecular weight is 399 g/mol. The zero-order valence-corrected chi connectivity index (χ0v) is 15.7. The second kappa shape index (κ2) is 9.05. The molecule has 0 aliphatic heterocycles. The maximum absolute atomic E-state index is 12.3. The summed E-state index contributed by atoms with van der Waals surface area (Å²) in [5, 5.41) is 4.75. The third kappa shape index (κ3) is 4.89. The van der Waals surface area contributed by atoms with Gasteiger partial charge in [0.1, 0.15) is 5.52 Å². The van der Waals surface area contributed by atoms with Crippen LogP contribution in [0.3, 0.4) is 0 Å². The van der Waals surface area contributed by atoms with Crippen LogP contribution in [0.25, 0.3) is 11.1 Å². The van der Waals surface area contributed by atoms with E-state index in [0.717, 1.165) is 5.52 Å². The van der Waals surface area contributed by atoms with Crippen molar-refractivity contribution in [1.29, 1.82) is 0 Å². The van der Waals surface area contributed by atoms with E-state index in [1.807, 2.05) is 29.6 Å². The maximum Gasteiger partial charge on any atom is 0.338 e. The Balaban J connectivity index is 1.62. The Morgan fingerprint density at radius 3 is 2.64 bits per heavy atom. The zero-order chi connectivity index (χ0) is 19.9. The molecule has 1 heterocycles. The van der Waals surface area contributed by atoms with Gasteiger partial charge in [0.25, 0.3) is 11.1 Å². The molecular formula is C19H17N3O5S. The number of urea groups is 1. The summed E-state index contributed by atoms with van der Waals surface area (Å²) in [6, 6.07) is 13.7. The second-order valence-electron chi connectivity index (χ2n) is 5.60. The van der Waals surface area contributed by atoms with E-state index in [2.05, 4.69) is 10.3 Å². The minimum absolute atomic E-state index is 0.332. The molecule has 0 radical (unpaired) electrons. The predicted octanol–water partition coefficient (Wildman–Crippen LogP) is 2.73. The van der Waals surface area contributed by atoms with Gasteiger partial charge >= 0.3 is 12.0 Å². The molecule has 1 aromatic heterocycles. The smallest absolute Gasteiger partial charge is 0.338 e. The number of rotatable bonds is 6. The van der Waals surface area contributed by atoms with Gasteiger partial charge in [-0.25, -0.2) is 14.6 Å². The van der Waals surface area contributed by atoms with Gasteiger partial charge in [0.2, 0.25) is 0 Å². The standard InChI is InChI=1S/C19H17N3O5S/c1-20-18(25)22-16(23)10-26-17(24)13-7-3-2-6-12(13)11-28-19-21-14-8-4-5-9-15(14)27-19/h2-9H,10-11H2,1H3,(H2,20,22,23,25). The van der Waals surface area contributed by atoms with Crippen molar-refractivity contribution < 1.29 is 23.5 Å². The highest BCUT2D eigenvalue weighted by Gasteiger charge is 2.16. The normalized spacial score (nSPS) is 10.5. The summed E-state index contributed by atoms with van der Waals surface area (Å²) in [5.74, 6) is -0.936. The first-order valence-corrected chi connectivity index (χ1v) is 9.30. The van der Waals surface area contributed by atoms with Crippen LogP contribution in [0.2, 0.25) is 0 Å². The lowest BCUT2D eigenvalue weighted by Gasteiger charge is -2.09. The molecular weight excluding hydrogens is 382 g/mol. The molecule has 9 heteroatoms. The Morgan fingerprint density at radius 1 is 1.11 bits per heavy atom. The molecule has 0 bridgehead atoms. The van der Waals surface area contributed by atoms with E-state index in [-0.39, 0.29) is 0 Å². The molecule has 3 amide bonds. The molecule has 0 atom stereocenters. The molecule has 0 aliphatic rings. The summed E-state index contributed by atoms with van der Waals surface area (Å²) in [4.78, 5) is 39.3. The molecule has 0 saturated heterocycles. The van der Waals surface area contributed by atoms with Gasteiger partial charge in [0.15, 0.2) is 12.2 Å². The number of benzene rings is 2. The Morgan fingerprint density at radius 2 is 1.86 bits per heavy atom. The van der Waals surface area contributed by atoms with Crippen LogP contribution in [-0.4, -0.2) is 36.5 Å². The summed E-state index contributed by atoms with van der Waals surface area (Å²) >= 11 is 1.35. The maximum atomic E-state index is 12.3. The van der Waals surface area contributed by atoms with Crippen LogP contribution >= 0.6 is 11.8 Å². The van der Waals surface area contributed by atoms with Gasteiger partial charge in [0, 0.05) is 12.8 Å². The third-order valence-corrected chi connectivity index (χ3v) is 4.55. The molecule has 2 aromatic carbocycles. The molecule has 3 aromatic rings. The van der Waals surface area contributed by atoms with Crippen LogP contribution in [-0.2, 0) is 15.3 Å². The van der Waals surface area contributed by atoms with Crippen molar-refractivity contribution in [3.8, 4) is 0 Å². The van der Waals surface area contributed by atoms with Crippen molar-refractivity contribution in [2.75, 3.05) is 13.7 Å². The van der Waals surface area contributed by atoms with E-state index in [9.17, 15) is 14.4 Å². The number of nitrogens with one attached hydrogen (secondary N) is 2. The van der Waals surface area contributed by atoms with E-state index in [1.165, 1.54) is 18.8 Å². The van der Waals surface area contributed by atoms with Crippen molar-refractivity contribution in [2.45, 2.75) is 11.0 Å². The molecule has 2 N–H and O–H groups in total. The number of esters is 1. The van der Waals surface area contributed by atoms with Crippen molar-refractivity contribution in [2.24, 2.45) is 0 Å². The number of carbonyl (C=O) groups is 3. The fourth-order valence-corrected chi connectivity index (χ4v) is 3.17. The van der Waals surface area contributed by atoms with Gasteiger partial charge in [0.05, 0.1) is 5.56 Å². The summed E-state index contributed by atoms with van der Waals surface area (Å²) in [5.41, 5.74) is 2.50. The second-order valence-corrected chi connectivity index (χ2v) is 6.52. The number of hydrogen-bond donors (Lipinski definition) is 2. The van der Waals surface area contributed by atoms with E-state index in [0.29, 0.717) is 27.7 Å². The van der Waals surface area contributed by atoms with E-state index in [1.54, 1.807) is 24.3 Å². The lowest BCUT2D eigenvalue weighted by atomic mass is 10.1. The highest BCUT2D eigenvalue weighted by molar-refractivity contribution is 7.98. The Hall–Kier alpha value is -3.33.